The number of hydrogen-bond donors (Lipinski definition) is 2. The number of carbonyl (C=O) groups excluding carboxylic acids is 4. The first-order valence-corrected chi connectivity index (χ1v) is 8.46. The van der Waals surface area contributed by atoms with E-state index >= 15 is 0 Å². The first-order chi connectivity index (χ1) is 13.0. The fourth-order valence-corrected chi connectivity index (χ4v) is 2.43. The third-order valence-corrected chi connectivity index (χ3v) is 3.61. The van der Waals surface area contributed by atoms with Crippen molar-refractivity contribution < 1.29 is 48.3 Å². The molecule has 0 unspecified atom stereocenters. The fourth-order valence-electron chi connectivity index (χ4n) is 2.43. The first kappa shape index (κ1) is 23.3. The molecule has 0 amide bonds. The lowest BCUT2D eigenvalue weighted by atomic mass is 10.0. The largest absolute Gasteiger partial charge is 0.460 e. The summed E-state index contributed by atoms with van der Waals surface area (Å²) in [6.45, 7) is 4.83. The van der Waals surface area contributed by atoms with E-state index in [1.54, 1.807) is 0 Å². The lowest BCUT2D eigenvalue weighted by Crippen LogP contribution is -2.44. The van der Waals surface area contributed by atoms with E-state index in [0.717, 1.165) is 39.0 Å². The first-order valence-electron chi connectivity index (χ1n) is 8.46. The van der Waals surface area contributed by atoms with Crippen LogP contribution in [0.1, 0.15) is 27.7 Å². The Bertz CT molecular complexity index is 653. The minimum atomic E-state index is -1.45. The van der Waals surface area contributed by atoms with Gasteiger partial charge in [0.2, 0.25) is 0 Å². The third-order valence-electron chi connectivity index (χ3n) is 3.61. The van der Waals surface area contributed by atoms with Gasteiger partial charge in [0.15, 0.2) is 12.2 Å². The molecule has 0 aromatic heterocycles. The van der Waals surface area contributed by atoms with Gasteiger partial charge in [0, 0.05) is 26.8 Å². The lowest BCUT2D eigenvalue weighted by Gasteiger charge is -2.29. The van der Waals surface area contributed by atoms with Crippen molar-refractivity contribution in [3.63, 3.8) is 0 Å². The van der Waals surface area contributed by atoms with Crippen LogP contribution >= 0.6 is 0 Å². The van der Waals surface area contributed by atoms with Crippen LogP contribution < -0.4 is 0 Å². The molecule has 1 aliphatic heterocycles. The highest BCUT2D eigenvalue weighted by Gasteiger charge is 2.35. The van der Waals surface area contributed by atoms with Crippen LogP contribution in [-0.4, -0.2) is 70.7 Å². The summed E-state index contributed by atoms with van der Waals surface area (Å²) in [6.07, 6.45) is -2.79. The molecule has 28 heavy (non-hydrogen) atoms. The Morgan fingerprint density at radius 1 is 1.07 bits per heavy atom. The number of aliphatic hydroxyl groups is 2. The van der Waals surface area contributed by atoms with Gasteiger partial charge in [-0.3, -0.25) is 14.4 Å². The van der Waals surface area contributed by atoms with Crippen molar-refractivity contribution in [1.29, 1.82) is 0 Å². The standard InChI is InChI=1S/C18H24O10/c1-9(25-10(2)19)17(24)14(26-11(3)20)6-5-13(22)18-15(27-12(4)21)7-8-16(23)28-18/h5-9,13-15,17-18,22,24H,1-4H3/b6-5+/t9-,13-,14-,15-,17-,18-/m0/s1. The van der Waals surface area contributed by atoms with E-state index in [1.165, 1.54) is 13.0 Å². The minimum absolute atomic E-state index is 0.637. The number of cyclic esters (lactones) is 1. The van der Waals surface area contributed by atoms with Gasteiger partial charge in [0.25, 0.3) is 0 Å². The predicted octanol–water partition coefficient (Wildman–Crippen LogP) is -0.439. The summed E-state index contributed by atoms with van der Waals surface area (Å²) in [6, 6.07) is 0. The van der Waals surface area contributed by atoms with Gasteiger partial charge in [-0.1, -0.05) is 6.08 Å². The predicted molar refractivity (Wildman–Crippen MR) is 92.5 cm³/mol. The second kappa shape index (κ2) is 10.6. The van der Waals surface area contributed by atoms with Crippen LogP contribution in [0.3, 0.4) is 0 Å². The molecule has 0 radical (unpaired) electrons. The fraction of sp³-hybridized carbons (Fsp3) is 0.556. The average Bonchev–Trinajstić information content (AvgIpc) is 2.57. The summed E-state index contributed by atoms with van der Waals surface area (Å²) in [5.74, 6) is -2.73. The molecule has 0 spiro atoms. The van der Waals surface area contributed by atoms with Gasteiger partial charge in [-0.15, -0.1) is 0 Å². The van der Waals surface area contributed by atoms with Crippen LogP contribution in [0.15, 0.2) is 24.3 Å². The summed E-state index contributed by atoms with van der Waals surface area (Å²) >= 11 is 0. The summed E-state index contributed by atoms with van der Waals surface area (Å²) in [5, 5.41) is 20.6. The number of hydrogen-bond acceptors (Lipinski definition) is 10. The van der Waals surface area contributed by atoms with Gasteiger partial charge in [0.05, 0.1) is 0 Å². The topological polar surface area (TPSA) is 146 Å². The van der Waals surface area contributed by atoms with E-state index in [9.17, 15) is 29.4 Å². The molecule has 1 aliphatic rings. The molecule has 0 aromatic carbocycles. The smallest absolute Gasteiger partial charge is 0.331 e. The lowest BCUT2D eigenvalue weighted by molar-refractivity contribution is -0.168. The number of carbonyl (C=O) groups is 4. The Morgan fingerprint density at radius 3 is 2.21 bits per heavy atom. The summed E-state index contributed by atoms with van der Waals surface area (Å²) in [5.41, 5.74) is 0. The Kier molecular flexibility index (Phi) is 8.80. The Morgan fingerprint density at radius 2 is 1.68 bits per heavy atom. The van der Waals surface area contributed by atoms with Crippen LogP contribution in [0.25, 0.3) is 0 Å². The summed E-state index contributed by atoms with van der Waals surface area (Å²) in [4.78, 5) is 45.0. The van der Waals surface area contributed by atoms with Crippen LogP contribution in [-0.2, 0) is 38.1 Å². The van der Waals surface area contributed by atoms with E-state index in [1.807, 2.05) is 0 Å². The van der Waals surface area contributed by atoms with E-state index < -0.39 is 60.5 Å². The molecule has 1 rings (SSSR count). The molecule has 2 N–H and O–H groups in total. The zero-order valence-electron chi connectivity index (χ0n) is 15.9. The van der Waals surface area contributed by atoms with Crippen molar-refractivity contribution >= 4 is 23.9 Å². The van der Waals surface area contributed by atoms with Crippen molar-refractivity contribution in [3.8, 4) is 0 Å². The molecule has 0 saturated heterocycles. The summed E-state index contributed by atoms with van der Waals surface area (Å²) in [7, 11) is 0. The van der Waals surface area contributed by atoms with Gasteiger partial charge >= 0.3 is 23.9 Å². The zero-order chi connectivity index (χ0) is 21.4. The van der Waals surface area contributed by atoms with Gasteiger partial charge in [-0.05, 0) is 19.1 Å². The molecule has 1 heterocycles. The summed E-state index contributed by atoms with van der Waals surface area (Å²) < 4.78 is 19.8. The molecule has 6 atom stereocenters. The van der Waals surface area contributed by atoms with Gasteiger partial charge in [0.1, 0.15) is 24.4 Å². The minimum Gasteiger partial charge on any atom is -0.460 e. The number of rotatable bonds is 8. The van der Waals surface area contributed by atoms with Gasteiger partial charge < -0.3 is 29.2 Å². The molecule has 0 fully saturated rings. The SMILES string of the molecule is CC(=O)O[C@@H](C)[C@H](O)[C@H](/C=C/[C@H](O)[C@@H]1OC(=O)C=C[C@@H]1OC(C)=O)OC(C)=O. The average molecular weight is 400 g/mol. The van der Waals surface area contributed by atoms with E-state index in [4.69, 9.17) is 18.9 Å². The molecule has 10 heteroatoms. The molecular formula is C18H24O10. The van der Waals surface area contributed by atoms with E-state index in [2.05, 4.69) is 0 Å². The van der Waals surface area contributed by atoms with Crippen molar-refractivity contribution in [2.75, 3.05) is 0 Å². The van der Waals surface area contributed by atoms with Gasteiger partial charge in [-0.2, -0.15) is 0 Å². The van der Waals surface area contributed by atoms with E-state index in [-0.39, 0.29) is 0 Å². The quantitative estimate of drug-likeness (QED) is 0.312. The van der Waals surface area contributed by atoms with Crippen molar-refractivity contribution in [2.45, 2.75) is 64.3 Å². The Hall–Kier alpha value is -2.72. The van der Waals surface area contributed by atoms with Crippen LogP contribution in [0.2, 0.25) is 0 Å². The Balaban J connectivity index is 2.94. The highest BCUT2D eigenvalue weighted by molar-refractivity contribution is 5.83. The van der Waals surface area contributed by atoms with E-state index in [0.29, 0.717) is 0 Å². The number of aliphatic hydroxyl groups excluding tert-OH is 2. The van der Waals surface area contributed by atoms with Crippen LogP contribution in [0.5, 0.6) is 0 Å². The van der Waals surface area contributed by atoms with Crippen molar-refractivity contribution in [3.05, 3.63) is 24.3 Å². The second-order valence-corrected chi connectivity index (χ2v) is 6.09. The maximum atomic E-state index is 11.5. The molecule has 0 saturated carbocycles. The molecule has 0 aliphatic carbocycles. The second-order valence-electron chi connectivity index (χ2n) is 6.09. The monoisotopic (exact) mass is 400 g/mol. The molecule has 0 aromatic rings. The maximum absolute atomic E-state index is 11.5. The van der Waals surface area contributed by atoms with Crippen LogP contribution in [0, 0.1) is 0 Å². The van der Waals surface area contributed by atoms with Gasteiger partial charge in [-0.25, -0.2) is 4.79 Å². The van der Waals surface area contributed by atoms with Crippen molar-refractivity contribution in [1.82, 2.24) is 0 Å². The Labute approximate surface area is 161 Å². The van der Waals surface area contributed by atoms with Crippen molar-refractivity contribution in [2.24, 2.45) is 0 Å². The molecule has 10 nitrogen and oxygen atoms in total. The third kappa shape index (κ3) is 7.49. The molecular weight excluding hydrogens is 376 g/mol. The maximum Gasteiger partial charge on any atom is 0.331 e. The van der Waals surface area contributed by atoms with Crippen LogP contribution in [0.4, 0.5) is 0 Å². The molecule has 0 bridgehead atoms. The number of esters is 4. The molecule has 156 valence electrons. The highest BCUT2D eigenvalue weighted by atomic mass is 16.6. The zero-order valence-corrected chi connectivity index (χ0v) is 15.9. The normalized spacial score (nSPS) is 23.3. The number of ether oxygens (including phenoxy) is 4. The highest BCUT2D eigenvalue weighted by Crippen LogP contribution is 2.18.